The van der Waals surface area contributed by atoms with Gasteiger partial charge in [0.15, 0.2) is 0 Å². The Morgan fingerprint density at radius 1 is 1.31 bits per heavy atom. The molecule has 0 aromatic rings. The lowest BCUT2D eigenvalue weighted by Crippen LogP contribution is -2.22. The Hall–Kier alpha value is -0.720. The van der Waals surface area contributed by atoms with Crippen molar-refractivity contribution in [3.05, 3.63) is 24.4 Å². The van der Waals surface area contributed by atoms with Crippen LogP contribution in [0.1, 0.15) is 53.4 Å². The zero-order valence-electron chi connectivity index (χ0n) is 11.6. The summed E-state index contributed by atoms with van der Waals surface area (Å²) in [6.07, 6.45) is 9.51. The molecule has 1 heteroatoms. The summed E-state index contributed by atoms with van der Waals surface area (Å²) in [6, 6.07) is 0. The van der Waals surface area contributed by atoms with E-state index in [1.165, 1.54) is 25.0 Å². The van der Waals surface area contributed by atoms with Crippen molar-refractivity contribution in [3.63, 3.8) is 0 Å². The van der Waals surface area contributed by atoms with Crippen LogP contribution in [0.5, 0.6) is 0 Å². The van der Waals surface area contributed by atoms with Gasteiger partial charge in [-0.3, -0.25) is 0 Å². The highest BCUT2D eigenvalue weighted by atomic mass is 14.9. The van der Waals surface area contributed by atoms with Crippen molar-refractivity contribution in [3.8, 4) is 0 Å². The van der Waals surface area contributed by atoms with Gasteiger partial charge in [0.1, 0.15) is 0 Å². The second kappa shape index (κ2) is 9.50. The van der Waals surface area contributed by atoms with Gasteiger partial charge in [0, 0.05) is 18.2 Å². The van der Waals surface area contributed by atoms with Crippen LogP contribution in [0.25, 0.3) is 0 Å². The molecule has 0 fully saturated rings. The maximum absolute atomic E-state index is 4.13. The molecule has 0 aliphatic carbocycles. The van der Waals surface area contributed by atoms with Crippen LogP contribution in [0, 0.1) is 11.8 Å². The van der Waals surface area contributed by atoms with E-state index in [2.05, 4.69) is 51.7 Å². The second-order valence-electron chi connectivity index (χ2n) is 4.89. The molecule has 0 spiro atoms. The van der Waals surface area contributed by atoms with Gasteiger partial charge in [-0.25, -0.2) is 0 Å². The molecular formula is C15H29N. The zero-order valence-corrected chi connectivity index (χ0v) is 11.6. The molecule has 1 nitrogen and oxygen atoms in total. The molecular weight excluding hydrogens is 194 g/mol. The minimum atomic E-state index is 0.496. The minimum Gasteiger partial charge on any atom is -0.388 e. The summed E-state index contributed by atoms with van der Waals surface area (Å²) < 4.78 is 0. The first kappa shape index (κ1) is 15.3. The standard InChI is InChI=1S/C15H29N/c1-6-8-9-10-11-15(7-2)14(5)16-12-13(3)4/h10-11,13,15-16H,5-9,12H2,1-4H3. The van der Waals surface area contributed by atoms with Crippen LogP contribution in [0.4, 0.5) is 0 Å². The Balaban J connectivity index is 3.96. The van der Waals surface area contributed by atoms with Gasteiger partial charge >= 0.3 is 0 Å². The number of rotatable bonds is 9. The lowest BCUT2D eigenvalue weighted by molar-refractivity contribution is 0.556. The topological polar surface area (TPSA) is 12.0 Å². The number of hydrogen-bond donors (Lipinski definition) is 1. The molecule has 0 saturated carbocycles. The molecule has 0 aromatic carbocycles. The first-order chi connectivity index (χ1) is 7.61. The number of allylic oxidation sites excluding steroid dienone is 2. The summed E-state index contributed by atoms with van der Waals surface area (Å²) in [5.41, 5.74) is 1.17. The Bertz CT molecular complexity index is 203. The van der Waals surface area contributed by atoms with Crippen LogP contribution >= 0.6 is 0 Å². The quantitative estimate of drug-likeness (QED) is 0.448. The summed E-state index contributed by atoms with van der Waals surface area (Å²) in [7, 11) is 0. The Morgan fingerprint density at radius 3 is 2.50 bits per heavy atom. The van der Waals surface area contributed by atoms with Crippen molar-refractivity contribution in [1.29, 1.82) is 0 Å². The predicted molar refractivity (Wildman–Crippen MR) is 74.4 cm³/mol. The molecule has 1 N–H and O–H groups in total. The average Bonchev–Trinajstić information content (AvgIpc) is 2.26. The number of hydrogen-bond acceptors (Lipinski definition) is 1. The summed E-state index contributed by atoms with van der Waals surface area (Å²) in [4.78, 5) is 0. The average molecular weight is 223 g/mol. The van der Waals surface area contributed by atoms with E-state index < -0.39 is 0 Å². The highest BCUT2D eigenvalue weighted by Crippen LogP contribution is 2.13. The van der Waals surface area contributed by atoms with E-state index in [0.717, 1.165) is 13.0 Å². The van der Waals surface area contributed by atoms with E-state index in [0.29, 0.717) is 11.8 Å². The van der Waals surface area contributed by atoms with Gasteiger partial charge in [-0.05, 0) is 18.8 Å². The Morgan fingerprint density at radius 2 is 2.00 bits per heavy atom. The molecule has 0 aromatic heterocycles. The van der Waals surface area contributed by atoms with Crippen LogP contribution in [0.3, 0.4) is 0 Å². The van der Waals surface area contributed by atoms with Gasteiger partial charge in [0.05, 0.1) is 0 Å². The molecule has 1 unspecified atom stereocenters. The maximum atomic E-state index is 4.13. The highest BCUT2D eigenvalue weighted by Gasteiger charge is 2.06. The molecule has 0 aliphatic heterocycles. The fraction of sp³-hybridized carbons (Fsp3) is 0.733. The molecule has 94 valence electrons. The van der Waals surface area contributed by atoms with E-state index in [1.807, 2.05) is 0 Å². The van der Waals surface area contributed by atoms with Gasteiger partial charge in [-0.15, -0.1) is 0 Å². The molecule has 0 bridgehead atoms. The number of nitrogens with one attached hydrogen (secondary N) is 1. The first-order valence-corrected chi connectivity index (χ1v) is 6.71. The molecule has 0 radical (unpaired) electrons. The first-order valence-electron chi connectivity index (χ1n) is 6.71. The van der Waals surface area contributed by atoms with Gasteiger partial charge < -0.3 is 5.32 Å². The SMILES string of the molecule is C=C(NCC(C)C)C(C=CCCCC)CC. The summed E-state index contributed by atoms with van der Waals surface area (Å²) in [5.74, 6) is 1.17. The molecule has 0 amide bonds. The van der Waals surface area contributed by atoms with Gasteiger partial charge in [-0.2, -0.15) is 0 Å². The highest BCUT2D eigenvalue weighted by molar-refractivity contribution is 5.07. The van der Waals surface area contributed by atoms with Crippen LogP contribution in [-0.2, 0) is 0 Å². The van der Waals surface area contributed by atoms with Crippen molar-refractivity contribution >= 4 is 0 Å². The van der Waals surface area contributed by atoms with E-state index in [1.54, 1.807) is 0 Å². The Labute approximate surface area is 102 Å². The fourth-order valence-electron chi connectivity index (χ4n) is 1.55. The summed E-state index contributed by atoms with van der Waals surface area (Å²) >= 11 is 0. The lowest BCUT2D eigenvalue weighted by Gasteiger charge is -2.17. The van der Waals surface area contributed by atoms with Crippen molar-refractivity contribution < 1.29 is 0 Å². The molecule has 0 saturated heterocycles. The monoisotopic (exact) mass is 223 g/mol. The molecule has 0 aliphatic rings. The molecule has 0 rings (SSSR count). The van der Waals surface area contributed by atoms with Crippen molar-refractivity contribution in [1.82, 2.24) is 5.32 Å². The molecule has 1 atom stereocenters. The van der Waals surface area contributed by atoms with E-state index in [4.69, 9.17) is 0 Å². The normalized spacial score (nSPS) is 13.3. The minimum absolute atomic E-state index is 0.496. The third kappa shape index (κ3) is 7.56. The van der Waals surface area contributed by atoms with E-state index >= 15 is 0 Å². The van der Waals surface area contributed by atoms with E-state index in [9.17, 15) is 0 Å². The van der Waals surface area contributed by atoms with Crippen molar-refractivity contribution in [2.45, 2.75) is 53.4 Å². The van der Waals surface area contributed by atoms with Crippen molar-refractivity contribution in [2.75, 3.05) is 6.54 Å². The van der Waals surface area contributed by atoms with Crippen LogP contribution < -0.4 is 5.32 Å². The molecule has 16 heavy (non-hydrogen) atoms. The van der Waals surface area contributed by atoms with Crippen LogP contribution in [0.2, 0.25) is 0 Å². The van der Waals surface area contributed by atoms with Crippen molar-refractivity contribution in [2.24, 2.45) is 11.8 Å². The summed E-state index contributed by atoms with van der Waals surface area (Å²) in [5, 5.41) is 3.43. The summed E-state index contributed by atoms with van der Waals surface area (Å²) in [6.45, 7) is 14.1. The van der Waals surface area contributed by atoms with Gasteiger partial charge in [-0.1, -0.05) is 59.3 Å². The largest absolute Gasteiger partial charge is 0.388 e. The maximum Gasteiger partial charge on any atom is 0.0167 e. The fourth-order valence-corrected chi connectivity index (χ4v) is 1.55. The lowest BCUT2D eigenvalue weighted by atomic mass is 10.0. The van der Waals surface area contributed by atoms with Crippen LogP contribution in [0.15, 0.2) is 24.4 Å². The van der Waals surface area contributed by atoms with E-state index in [-0.39, 0.29) is 0 Å². The smallest absolute Gasteiger partial charge is 0.0167 e. The predicted octanol–water partition coefficient (Wildman–Crippen LogP) is 4.52. The second-order valence-corrected chi connectivity index (χ2v) is 4.89. The Kier molecular flexibility index (Phi) is 9.07. The van der Waals surface area contributed by atoms with Gasteiger partial charge in [0.2, 0.25) is 0 Å². The third-order valence-electron chi connectivity index (χ3n) is 2.72. The van der Waals surface area contributed by atoms with Crippen LogP contribution in [-0.4, -0.2) is 6.54 Å². The number of unbranched alkanes of at least 4 members (excludes halogenated alkanes) is 2. The molecule has 0 heterocycles. The zero-order chi connectivity index (χ0) is 12.4. The third-order valence-corrected chi connectivity index (χ3v) is 2.72. The van der Waals surface area contributed by atoms with Gasteiger partial charge in [0.25, 0.3) is 0 Å².